The maximum absolute atomic E-state index is 11.6. The van der Waals surface area contributed by atoms with E-state index in [4.69, 9.17) is 9.47 Å². The topological polar surface area (TPSA) is 51.3 Å². The summed E-state index contributed by atoms with van der Waals surface area (Å²) in [4.78, 5) is 14.5. The lowest BCUT2D eigenvalue weighted by Gasteiger charge is -2.06. The fourth-order valence-corrected chi connectivity index (χ4v) is 1.56. The second-order valence-electron chi connectivity index (χ2n) is 3.98. The van der Waals surface area contributed by atoms with Crippen molar-refractivity contribution >= 4 is 0 Å². The Morgan fingerprint density at radius 2 is 1.94 bits per heavy atom. The zero-order valence-electron chi connectivity index (χ0n) is 10.4. The number of aryl methyl sites for hydroxylation is 1. The molecule has 0 saturated heterocycles. The lowest BCUT2D eigenvalue weighted by atomic mass is 10.2. The molecule has 4 nitrogen and oxygen atoms in total. The lowest BCUT2D eigenvalue weighted by molar-refractivity contribution is 0.301. The van der Waals surface area contributed by atoms with Gasteiger partial charge >= 0.3 is 0 Å². The summed E-state index contributed by atoms with van der Waals surface area (Å²) in [6.45, 7) is 2.19. The molecule has 0 radical (unpaired) electrons. The third-order valence-corrected chi connectivity index (χ3v) is 2.57. The quantitative estimate of drug-likeness (QED) is 0.899. The number of benzene rings is 1. The molecule has 1 heterocycles. The Balaban J connectivity index is 2.04. The van der Waals surface area contributed by atoms with E-state index in [0.29, 0.717) is 12.4 Å². The van der Waals surface area contributed by atoms with E-state index < -0.39 is 0 Å². The first-order valence-electron chi connectivity index (χ1n) is 5.64. The summed E-state index contributed by atoms with van der Waals surface area (Å²) in [7, 11) is 1.62. The Morgan fingerprint density at radius 3 is 2.56 bits per heavy atom. The minimum Gasteiger partial charge on any atom is -0.497 e. The van der Waals surface area contributed by atoms with E-state index in [0.717, 1.165) is 17.0 Å². The molecule has 0 bridgehead atoms. The molecule has 4 heteroatoms. The molecule has 1 aromatic carbocycles. The van der Waals surface area contributed by atoms with Crippen LogP contribution in [0.2, 0.25) is 0 Å². The van der Waals surface area contributed by atoms with Gasteiger partial charge in [-0.25, -0.2) is 0 Å². The molecule has 1 N–H and O–H groups in total. The molecule has 0 amide bonds. The Labute approximate surface area is 105 Å². The fraction of sp³-hybridized carbons (Fsp3) is 0.214. The van der Waals surface area contributed by atoms with Crippen molar-refractivity contribution in [2.75, 3.05) is 7.11 Å². The number of methoxy groups -OCH3 is 1. The third-order valence-electron chi connectivity index (χ3n) is 2.57. The van der Waals surface area contributed by atoms with Crippen LogP contribution in [0.1, 0.15) is 11.3 Å². The van der Waals surface area contributed by atoms with Gasteiger partial charge in [0.05, 0.1) is 7.11 Å². The van der Waals surface area contributed by atoms with Crippen molar-refractivity contribution in [3.05, 3.63) is 58.0 Å². The number of aromatic amines is 1. The van der Waals surface area contributed by atoms with E-state index in [9.17, 15) is 4.79 Å². The van der Waals surface area contributed by atoms with Gasteiger partial charge in [-0.3, -0.25) is 4.79 Å². The van der Waals surface area contributed by atoms with Crippen molar-refractivity contribution in [1.82, 2.24) is 4.98 Å². The van der Waals surface area contributed by atoms with Gasteiger partial charge < -0.3 is 14.5 Å². The van der Waals surface area contributed by atoms with Gasteiger partial charge in [0, 0.05) is 18.0 Å². The highest BCUT2D eigenvalue weighted by Crippen LogP contribution is 2.13. The van der Waals surface area contributed by atoms with Crippen molar-refractivity contribution in [2.45, 2.75) is 13.5 Å². The molecule has 1 aromatic heterocycles. The summed E-state index contributed by atoms with van der Waals surface area (Å²) in [5.74, 6) is 1.13. The van der Waals surface area contributed by atoms with Crippen molar-refractivity contribution < 1.29 is 9.47 Å². The highest BCUT2D eigenvalue weighted by molar-refractivity contribution is 5.27. The van der Waals surface area contributed by atoms with Crippen LogP contribution in [0, 0.1) is 6.92 Å². The van der Waals surface area contributed by atoms with Gasteiger partial charge in [-0.05, 0) is 24.6 Å². The monoisotopic (exact) mass is 245 g/mol. The highest BCUT2D eigenvalue weighted by Gasteiger charge is 2.01. The summed E-state index contributed by atoms with van der Waals surface area (Å²) in [6, 6.07) is 9.04. The molecule has 0 aliphatic carbocycles. The molecule has 2 rings (SSSR count). The number of hydrogen-bond acceptors (Lipinski definition) is 3. The van der Waals surface area contributed by atoms with E-state index in [1.54, 1.807) is 13.3 Å². The second kappa shape index (κ2) is 5.40. The van der Waals surface area contributed by atoms with Gasteiger partial charge in [0.2, 0.25) is 5.43 Å². The molecule has 0 saturated carbocycles. The Bertz CT molecular complexity index is 572. The first-order chi connectivity index (χ1) is 8.69. The van der Waals surface area contributed by atoms with E-state index in [2.05, 4.69) is 4.98 Å². The van der Waals surface area contributed by atoms with Gasteiger partial charge in [0.1, 0.15) is 12.4 Å². The molecule has 0 unspecified atom stereocenters. The first-order valence-corrected chi connectivity index (χ1v) is 5.64. The molecule has 2 aromatic rings. The maximum Gasteiger partial charge on any atom is 0.223 e. The number of ether oxygens (including phenoxy) is 2. The Hall–Kier alpha value is -2.23. The summed E-state index contributed by atoms with van der Waals surface area (Å²) >= 11 is 0. The van der Waals surface area contributed by atoms with E-state index in [-0.39, 0.29) is 5.43 Å². The minimum absolute atomic E-state index is 0.111. The molecule has 18 heavy (non-hydrogen) atoms. The first kappa shape index (κ1) is 12.2. The molecular formula is C14H15NO3. The average molecular weight is 245 g/mol. The van der Waals surface area contributed by atoms with Crippen LogP contribution >= 0.6 is 0 Å². The van der Waals surface area contributed by atoms with Gasteiger partial charge in [0.25, 0.3) is 0 Å². The number of rotatable bonds is 4. The van der Waals surface area contributed by atoms with E-state index in [1.807, 2.05) is 31.2 Å². The van der Waals surface area contributed by atoms with Crippen molar-refractivity contribution in [1.29, 1.82) is 0 Å². The van der Waals surface area contributed by atoms with Gasteiger partial charge in [-0.1, -0.05) is 12.1 Å². The smallest absolute Gasteiger partial charge is 0.223 e. The Kier molecular flexibility index (Phi) is 3.67. The van der Waals surface area contributed by atoms with Crippen LogP contribution in [0.5, 0.6) is 11.5 Å². The SMILES string of the molecule is COc1ccc(COc2c[nH]c(C)cc2=O)cc1. The second-order valence-corrected chi connectivity index (χ2v) is 3.98. The molecule has 0 fully saturated rings. The molecular weight excluding hydrogens is 230 g/mol. The molecule has 0 aliphatic heterocycles. The van der Waals surface area contributed by atoms with Gasteiger partial charge in [-0.2, -0.15) is 0 Å². The van der Waals surface area contributed by atoms with Crippen LogP contribution in [0.15, 0.2) is 41.3 Å². The van der Waals surface area contributed by atoms with Crippen LogP contribution in [0.3, 0.4) is 0 Å². The molecule has 94 valence electrons. The van der Waals surface area contributed by atoms with E-state index in [1.165, 1.54) is 6.07 Å². The number of pyridine rings is 1. The van der Waals surface area contributed by atoms with Crippen molar-refractivity contribution in [3.63, 3.8) is 0 Å². The summed E-state index contributed by atoms with van der Waals surface area (Å²) in [5.41, 5.74) is 1.69. The Morgan fingerprint density at radius 1 is 1.22 bits per heavy atom. The van der Waals surface area contributed by atoms with Crippen LogP contribution in [0.25, 0.3) is 0 Å². The summed E-state index contributed by atoms with van der Waals surface area (Å²) in [5, 5.41) is 0. The third kappa shape index (κ3) is 2.91. The average Bonchev–Trinajstić information content (AvgIpc) is 2.38. The van der Waals surface area contributed by atoms with Crippen molar-refractivity contribution in [3.8, 4) is 11.5 Å². The maximum atomic E-state index is 11.6. The standard InChI is InChI=1S/C14H15NO3/c1-10-7-13(16)14(8-15-10)18-9-11-3-5-12(17-2)6-4-11/h3-8H,9H2,1-2H3,(H,15,16). The van der Waals surface area contributed by atoms with Crippen LogP contribution in [-0.4, -0.2) is 12.1 Å². The van der Waals surface area contributed by atoms with Gasteiger partial charge in [-0.15, -0.1) is 0 Å². The fourth-order valence-electron chi connectivity index (χ4n) is 1.56. The van der Waals surface area contributed by atoms with Gasteiger partial charge in [0.15, 0.2) is 5.75 Å². The van der Waals surface area contributed by atoms with E-state index >= 15 is 0 Å². The van der Waals surface area contributed by atoms with Crippen LogP contribution in [-0.2, 0) is 6.61 Å². The zero-order valence-corrected chi connectivity index (χ0v) is 10.4. The number of H-pyrrole nitrogens is 1. The normalized spacial score (nSPS) is 10.1. The highest BCUT2D eigenvalue weighted by atomic mass is 16.5. The number of hydrogen-bond donors (Lipinski definition) is 1. The van der Waals surface area contributed by atoms with Crippen LogP contribution in [0.4, 0.5) is 0 Å². The molecule has 0 atom stereocenters. The number of nitrogens with one attached hydrogen (secondary N) is 1. The predicted octanol–water partition coefficient (Wildman–Crippen LogP) is 2.27. The minimum atomic E-state index is -0.111. The molecule has 0 aliphatic rings. The molecule has 0 spiro atoms. The lowest BCUT2D eigenvalue weighted by Crippen LogP contribution is -2.08. The van der Waals surface area contributed by atoms with Crippen molar-refractivity contribution in [2.24, 2.45) is 0 Å². The predicted molar refractivity (Wildman–Crippen MR) is 69.1 cm³/mol. The summed E-state index contributed by atoms with van der Waals surface area (Å²) < 4.78 is 10.5. The zero-order chi connectivity index (χ0) is 13.0. The largest absolute Gasteiger partial charge is 0.497 e. The summed E-state index contributed by atoms with van der Waals surface area (Å²) in [6.07, 6.45) is 1.58. The number of aromatic nitrogens is 1. The van der Waals surface area contributed by atoms with Crippen LogP contribution < -0.4 is 14.9 Å².